The van der Waals surface area contributed by atoms with Crippen LogP contribution in [0.3, 0.4) is 0 Å². The van der Waals surface area contributed by atoms with Crippen LogP contribution in [0, 0.1) is 0 Å². The van der Waals surface area contributed by atoms with Gasteiger partial charge in [0.1, 0.15) is 48.8 Å². The van der Waals surface area contributed by atoms with Gasteiger partial charge in [0.25, 0.3) is 0 Å². The summed E-state index contributed by atoms with van der Waals surface area (Å²) in [5.41, 5.74) is 0. The van der Waals surface area contributed by atoms with Crippen molar-refractivity contribution in [1.82, 2.24) is 5.32 Å². The van der Waals surface area contributed by atoms with Crippen LogP contribution in [0.2, 0.25) is 0 Å². The molecule has 0 spiro atoms. The summed E-state index contributed by atoms with van der Waals surface area (Å²) in [5, 5.41) is 86.7. The highest BCUT2D eigenvalue weighted by atomic mass is 16.7. The summed E-state index contributed by atoms with van der Waals surface area (Å²) in [6, 6.07) is -0.819. The van der Waals surface area contributed by atoms with Crippen molar-refractivity contribution >= 4 is 5.91 Å². The van der Waals surface area contributed by atoms with Crippen molar-refractivity contribution in [2.24, 2.45) is 0 Å². The summed E-state index contributed by atoms with van der Waals surface area (Å²) < 4.78 is 22.7. The molecule has 14 heteroatoms. The number of hydrogen-bond donors (Lipinski definition) is 9. The lowest BCUT2D eigenvalue weighted by Gasteiger charge is -2.46. The van der Waals surface area contributed by atoms with E-state index < -0.39 is 86.8 Å². The van der Waals surface area contributed by atoms with E-state index in [1.54, 1.807) is 0 Å². The Labute approximate surface area is 419 Å². The Morgan fingerprint density at radius 1 is 0.464 bits per heavy atom. The lowest BCUT2D eigenvalue weighted by Crippen LogP contribution is -2.65. The number of hydrogen-bond acceptors (Lipinski definition) is 13. The molecule has 0 aromatic heterocycles. The summed E-state index contributed by atoms with van der Waals surface area (Å²) in [6.45, 7) is 2.82. The van der Waals surface area contributed by atoms with Gasteiger partial charge in [0.15, 0.2) is 12.6 Å². The van der Waals surface area contributed by atoms with Crippen LogP contribution in [0.4, 0.5) is 0 Å². The van der Waals surface area contributed by atoms with Gasteiger partial charge in [-0.05, 0) is 12.8 Å². The standard InChI is InChI=1S/C55H107NO13/c1-3-5-7-9-11-12-13-14-15-16-17-18-19-20-21-22-23-24-25-26-27-28-29-30-31-33-35-37-39-47(60)56-43(44(59)38-36-34-32-10-8-6-4-2)42-66-54-52(65)50(63)53(46(41-58)68-54)69-55-51(64)49(62)48(61)45(40-57)67-55/h43-46,48-55,57-59,61-65H,3-42H2,1-2H3,(H,56,60). The monoisotopic (exact) mass is 990 g/mol. The molecule has 12 unspecified atom stereocenters. The number of nitrogens with one attached hydrogen (secondary N) is 1. The second-order valence-electron chi connectivity index (χ2n) is 20.8. The molecule has 14 nitrogen and oxygen atoms in total. The fourth-order valence-electron chi connectivity index (χ4n) is 9.89. The summed E-state index contributed by atoms with van der Waals surface area (Å²) >= 11 is 0. The molecule has 2 saturated heterocycles. The maximum absolute atomic E-state index is 13.2. The van der Waals surface area contributed by atoms with E-state index in [0.29, 0.717) is 12.8 Å². The quantitative estimate of drug-likeness (QED) is 0.0260. The Kier molecular flexibility index (Phi) is 39.4. The van der Waals surface area contributed by atoms with E-state index in [2.05, 4.69) is 19.2 Å². The van der Waals surface area contributed by atoms with Crippen LogP contribution >= 0.6 is 0 Å². The van der Waals surface area contributed by atoms with E-state index in [-0.39, 0.29) is 12.5 Å². The summed E-state index contributed by atoms with van der Waals surface area (Å²) in [6.07, 6.45) is 28.8. The van der Waals surface area contributed by atoms with Crippen molar-refractivity contribution in [1.29, 1.82) is 0 Å². The van der Waals surface area contributed by atoms with Gasteiger partial charge in [0, 0.05) is 6.42 Å². The van der Waals surface area contributed by atoms with Gasteiger partial charge in [0.2, 0.25) is 5.91 Å². The lowest BCUT2D eigenvalue weighted by molar-refractivity contribution is -0.359. The van der Waals surface area contributed by atoms with Crippen LogP contribution in [0.25, 0.3) is 0 Å². The van der Waals surface area contributed by atoms with Gasteiger partial charge >= 0.3 is 0 Å². The molecule has 69 heavy (non-hydrogen) atoms. The first-order valence-electron chi connectivity index (χ1n) is 28.8. The predicted octanol–water partition coefficient (Wildman–Crippen LogP) is 8.95. The number of carbonyl (C=O) groups excluding carboxylic acids is 1. The molecule has 9 N–H and O–H groups in total. The average molecular weight is 990 g/mol. The molecule has 12 atom stereocenters. The average Bonchev–Trinajstić information content (AvgIpc) is 3.35. The molecular weight excluding hydrogens is 883 g/mol. The van der Waals surface area contributed by atoms with Gasteiger partial charge in [-0.15, -0.1) is 0 Å². The minimum Gasteiger partial charge on any atom is -0.394 e. The first-order chi connectivity index (χ1) is 33.6. The van der Waals surface area contributed by atoms with E-state index in [9.17, 15) is 45.6 Å². The van der Waals surface area contributed by atoms with E-state index in [0.717, 1.165) is 51.4 Å². The zero-order valence-electron chi connectivity index (χ0n) is 43.8. The number of unbranched alkanes of at least 4 members (excludes halogenated alkanes) is 33. The SMILES string of the molecule is CCCCCCCCCCCCCCCCCCCCCCCCCCCCCCC(=O)NC(COC1OC(CO)C(OC2OC(CO)C(O)C(O)C2O)C(O)C1O)C(O)CCCCCCCCC. The zero-order chi connectivity index (χ0) is 50.3. The van der Waals surface area contributed by atoms with Gasteiger partial charge in [-0.3, -0.25) is 4.79 Å². The molecule has 0 aliphatic carbocycles. The molecule has 2 fully saturated rings. The van der Waals surface area contributed by atoms with Crippen LogP contribution < -0.4 is 5.32 Å². The Morgan fingerprint density at radius 3 is 1.23 bits per heavy atom. The molecule has 0 radical (unpaired) electrons. The number of aliphatic hydroxyl groups excluding tert-OH is 8. The minimum absolute atomic E-state index is 0.205. The minimum atomic E-state index is -1.78. The van der Waals surface area contributed by atoms with Crippen molar-refractivity contribution in [3.8, 4) is 0 Å². The van der Waals surface area contributed by atoms with Gasteiger partial charge in [0.05, 0.1) is 32.0 Å². The van der Waals surface area contributed by atoms with Crippen LogP contribution in [0.1, 0.15) is 251 Å². The molecule has 410 valence electrons. The van der Waals surface area contributed by atoms with Crippen molar-refractivity contribution in [2.75, 3.05) is 19.8 Å². The third kappa shape index (κ3) is 28.9. The third-order valence-corrected chi connectivity index (χ3v) is 14.6. The van der Waals surface area contributed by atoms with Crippen LogP contribution in [-0.2, 0) is 23.7 Å². The number of carbonyl (C=O) groups is 1. The van der Waals surface area contributed by atoms with Gasteiger partial charge in [-0.2, -0.15) is 0 Å². The van der Waals surface area contributed by atoms with E-state index in [1.807, 2.05) is 0 Å². The second-order valence-corrected chi connectivity index (χ2v) is 20.8. The summed E-state index contributed by atoms with van der Waals surface area (Å²) in [5.74, 6) is -0.205. The van der Waals surface area contributed by atoms with Crippen molar-refractivity contribution in [3.05, 3.63) is 0 Å². The predicted molar refractivity (Wildman–Crippen MR) is 272 cm³/mol. The van der Waals surface area contributed by atoms with Crippen molar-refractivity contribution < 1.29 is 64.6 Å². The Hall–Kier alpha value is -1.01. The molecule has 2 aliphatic heterocycles. The molecule has 2 rings (SSSR count). The molecule has 0 bridgehead atoms. The number of ether oxygens (including phenoxy) is 4. The summed E-state index contributed by atoms with van der Waals surface area (Å²) in [4.78, 5) is 13.2. The Morgan fingerprint density at radius 2 is 0.826 bits per heavy atom. The number of aliphatic hydroxyl groups is 8. The van der Waals surface area contributed by atoms with Gasteiger partial charge in [-0.1, -0.05) is 232 Å². The first kappa shape index (κ1) is 64.1. The van der Waals surface area contributed by atoms with E-state index >= 15 is 0 Å². The zero-order valence-corrected chi connectivity index (χ0v) is 43.8. The lowest BCUT2D eigenvalue weighted by atomic mass is 9.97. The largest absolute Gasteiger partial charge is 0.394 e. The highest BCUT2D eigenvalue weighted by Crippen LogP contribution is 2.30. The topological polar surface area (TPSA) is 228 Å². The highest BCUT2D eigenvalue weighted by molar-refractivity contribution is 5.76. The maximum Gasteiger partial charge on any atom is 0.220 e. The third-order valence-electron chi connectivity index (χ3n) is 14.6. The molecule has 0 saturated carbocycles. The maximum atomic E-state index is 13.2. The number of rotatable bonds is 46. The fraction of sp³-hybridized carbons (Fsp3) is 0.982. The molecule has 2 aliphatic rings. The van der Waals surface area contributed by atoms with Gasteiger partial charge < -0.3 is 65.1 Å². The van der Waals surface area contributed by atoms with Crippen LogP contribution in [0.5, 0.6) is 0 Å². The van der Waals surface area contributed by atoms with Crippen LogP contribution in [-0.4, -0.2) is 140 Å². The normalized spacial score (nSPS) is 26.1. The van der Waals surface area contributed by atoms with E-state index in [4.69, 9.17) is 18.9 Å². The van der Waals surface area contributed by atoms with Crippen molar-refractivity contribution in [3.63, 3.8) is 0 Å². The molecule has 0 aromatic carbocycles. The Bertz CT molecular complexity index is 1170. The first-order valence-corrected chi connectivity index (χ1v) is 28.8. The Balaban J connectivity index is 1.60. The summed E-state index contributed by atoms with van der Waals surface area (Å²) in [7, 11) is 0. The highest BCUT2D eigenvalue weighted by Gasteiger charge is 2.51. The number of amides is 1. The van der Waals surface area contributed by atoms with Gasteiger partial charge in [-0.25, -0.2) is 0 Å². The smallest absolute Gasteiger partial charge is 0.220 e. The van der Waals surface area contributed by atoms with E-state index in [1.165, 1.54) is 173 Å². The molecule has 1 amide bonds. The molecule has 2 heterocycles. The molecular formula is C55H107NO13. The second kappa shape index (κ2) is 42.4. The van der Waals surface area contributed by atoms with Crippen molar-refractivity contribution in [2.45, 2.75) is 325 Å². The van der Waals surface area contributed by atoms with Crippen LogP contribution in [0.15, 0.2) is 0 Å². The molecule has 0 aromatic rings. The fourth-order valence-corrected chi connectivity index (χ4v) is 9.89.